The van der Waals surface area contributed by atoms with E-state index in [9.17, 15) is 9.59 Å². The number of ether oxygens (including phenoxy) is 1. The van der Waals surface area contributed by atoms with Gasteiger partial charge in [0.1, 0.15) is 11.3 Å². The Bertz CT molecular complexity index is 1070. The van der Waals surface area contributed by atoms with Gasteiger partial charge >= 0.3 is 6.03 Å². The molecule has 4 rings (SSSR count). The monoisotopic (exact) mass is 374 g/mol. The van der Waals surface area contributed by atoms with Crippen LogP contribution in [0.3, 0.4) is 0 Å². The molecule has 1 fully saturated rings. The van der Waals surface area contributed by atoms with Crippen LogP contribution in [0.15, 0.2) is 60.7 Å². The molecule has 0 bridgehead atoms. The number of carbonyl (C=O) groups is 2. The molecule has 28 heavy (non-hydrogen) atoms. The van der Waals surface area contributed by atoms with Crippen molar-refractivity contribution in [3.63, 3.8) is 0 Å². The largest absolute Gasteiger partial charge is 0.497 e. The molecule has 0 radical (unpaired) electrons. The number of aryl methyl sites for hydroxylation is 1. The van der Waals surface area contributed by atoms with E-state index in [1.165, 1.54) is 4.90 Å². The van der Waals surface area contributed by atoms with Crippen molar-refractivity contribution in [2.45, 2.75) is 25.9 Å². The Balaban J connectivity index is 1.65. The van der Waals surface area contributed by atoms with Gasteiger partial charge in [0.15, 0.2) is 0 Å². The van der Waals surface area contributed by atoms with E-state index in [1.54, 1.807) is 14.0 Å². The Morgan fingerprint density at radius 2 is 1.64 bits per heavy atom. The fourth-order valence-corrected chi connectivity index (χ4v) is 3.57. The van der Waals surface area contributed by atoms with E-state index in [-0.39, 0.29) is 18.5 Å². The third kappa shape index (κ3) is 2.99. The first-order valence-corrected chi connectivity index (χ1v) is 9.19. The predicted molar refractivity (Wildman–Crippen MR) is 108 cm³/mol. The van der Waals surface area contributed by atoms with Crippen molar-refractivity contribution >= 4 is 22.7 Å². The number of nitrogens with one attached hydrogen (secondary N) is 1. The van der Waals surface area contributed by atoms with Crippen LogP contribution in [0.2, 0.25) is 0 Å². The summed E-state index contributed by atoms with van der Waals surface area (Å²) >= 11 is 0. The lowest BCUT2D eigenvalue weighted by Crippen LogP contribution is -2.40. The van der Waals surface area contributed by atoms with Crippen LogP contribution in [-0.4, -0.2) is 23.9 Å². The molecule has 5 heteroatoms. The SMILES string of the molecule is COc1ccc2cc([C@@]3(C)NC(=O)N(Cc4ccc(C)cc4)C3=O)ccc2c1. The van der Waals surface area contributed by atoms with Crippen LogP contribution in [-0.2, 0) is 16.9 Å². The van der Waals surface area contributed by atoms with Gasteiger partial charge in [-0.2, -0.15) is 0 Å². The van der Waals surface area contributed by atoms with Crippen molar-refractivity contribution in [3.8, 4) is 5.75 Å². The zero-order chi connectivity index (χ0) is 19.9. The van der Waals surface area contributed by atoms with Gasteiger partial charge < -0.3 is 10.1 Å². The van der Waals surface area contributed by atoms with Gasteiger partial charge in [-0.1, -0.05) is 48.0 Å². The lowest BCUT2D eigenvalue weighted by atomic mass is 9.90. The van der Waals surface area contributed by atoms with Crippen molar-refractivity contribution in [3.05, 3.63) is 77.4 Å². The molecule has 142 valence electrons. The van der Waals surface area contributed by atoms with Crippen LogP contribution < -0.4 is 10.1 Å². The first-order chi connectivity index (χ1) is 13.4. The van der Waals surface area contributed by atoms with Crippen LogP contribution in [0.5, 0.6) is 5.75 Å². The summed E-state index contributed by atoms with van der Waals surface area (Å²) in [4.78, 5) is 27.0. The molecule has 0 aromatic heterocycles. The molecule has 1 heterocycles. The maximum absolute atomic E-state index is 13.2. The third-order valence-corrected chi connectivity index (χ3v) is 5.36. The summed E-state index contributed by atoms with van der Waals surface area (Å²) in [7, 11) is 1.63. The highest BCUT2D eigenvalue weighted by atomic mass is 16.5. The highest BCUT2D eigenvalue weighted by molar-refractivity contribution is 6.07. The van der Waals surface area contributed by atoms with E-state index in [4.69, 9.17) is 4.74 Å². The Morgan fingerprint density at radius 3 is 2.36 bits per heavy atom. The number of hydrogen-bond acceptors (Lipinski definition) is 3. The first kappa shape index (κ1) is 18.0. The molecule has 3 amide bonds. The van der Waals surface area contributed by atoms with Gasteiger partial charge in [-0.3, -0.25) is 9.69 Å². The third-order valence-electron chi connectivity index (χ3n) is 5.36. The molecule has 1 N–H and O–H groups in total. The van der Waals surface area contributed by atoms with Gasteiger partial charge in [-0.25, -0.2) is 4.79 Å². The summed E-state index contributed by atoms with van der Waals surface area (Å²) in [6, 6.07) is 19.0. The number of nitrogens with zero attached hydrogens (tertiary/aromatic N) is 1. The Morgan fingerprint density at radius 1 is 0.964 bits per heavy atom. The van der Waals surface area contributed by atoms with Crippen LogP contribution in [0.4, 0.5) is 4.79 Å². The van der Waals surface area contributed by atoms with Gasteiger partial charge in [-0.05, 0) is 53.9 Å². The van der Waals surface area contributed by atoms with Gasteiger partial charge in [0, 0.05) is 0 Å². The van der Waals surface area contributed by atoms with E-state index >= 15 is 0 Å². The average Bonchev–Trinajstić information content (AvgIpc) is 2.92. The number of hydrogen-bond donors (Lipinski definition) is 1. The van der Waals surface area contributed by atoms with Crippen LogP contribution in [0.25, 0.3) is 10.8 Å². The maximum Gasteiger partial charge on any atom is 0.325 e. The topological polar surface area (TPSA) is 58.6 Å². The highest BCUT2D eigenvalue weighted by Gasteiger charge is 2.48. The number of amides is 3. The summed E-state index contributed by atoms with van der Waals surface area (Å²) in [5, 5.41) is 4.88. The first-order valence-electron chi connectivity index (χ1n) is 9.19. The minimum absolute atomic E-state index is 0.245. The van der Waals surface area contributed by atoms with Gasteiger partial charge in [0.25, 0.3) is 5.91 Å². The second-order valence-corrected chi connectivity index (χ2v) is 7.36. The average molecular weight is 374 g/mol. The summed E-state index contributed by atoms with van der Waals surface area (Å²) < 4.78 is 5.26. The molecule has 1 atom stereocenters. The number of carbonyl (C=O) groups excluding carboxylic acids is 2. The van der Waals surface area contributed by atoms with Crippen LogP contribution in [0.1, 0.15) is 23.6 Å². The number of benzene rings is 3. The molecule has 3 aromatic rings. The van der Waals surface area contributed by atoms with E-state index in [2.05, 4.69) is 5.32 Å². The Hall–Kier alpha value is -3.34. The summed E-state index contributed by atoms with van der Waals surface area (Å²) in [6.07, 6.45) is 0. The molecule has 0 aliphatic carbocycles. The molecule has 1 aliphatic heterocycles. The van der Waals surface area contributed by atoms with Crippen LogP contribution >= 0.6 is 0 Å². The van der Waals surface area contributed by atoms with Crippen molar-refractivity contribution in [2.24, 2.45) is 0 Å². The molecule has 5 nitrogen and oxygen atoms in total. The smallest absolute Gasteiger partial charge is 0.325 e. The van der Waals surface area contributed by atoms with E-state index in [0.717, 1.165) is 33.2 Å². The summed E-state index contributed by atoms with van der Waals surface area (Å²) in [6.45, 7) is 4.02. The lowest BCUT2D eigenvalue weighted by Gasteiger charge is -2.23. The minimum atomic E-state index is -1.09. The highest BCUT2D eigenvalue weighted by Crippen LogP contribution is 2.32. The molecule has 3 aromatic carbocycles. The number of methoxy groups -OCH3 is 1. The predicted octanol–water partition coefficient (Wildman–Crippen LogP) is 4.12. The molecule has 0 spiro atoms. The number of fused-ring (bicyclic) bond motifs is 1. The normalized spacial score (nSPS) is 19.2. The van der Waals surface area contributed by atoms with E-state index < -0.39 is 5.54 Å². The standard InChI is InChI=1S/C23H22N2O3/c1-15-4-6-16(7-5-15)14-25-21(26)23(2,24-22(25)27)19-10-8-18-13-20(28-3)11-9-17(18)12-19/h4-13H,14H2,1-3H3,(H,24,27)/t23-/m1/s1. The van der Waals surface area contributed by atoms with Crippen molar-refractivity contribution in [1.82, 2.24) is 10.2 Å². The zero-order valence-corrected chi connectivity index (χ0v) is 16.2. The molecular formula is C23H22N2O3. The zero-order valence-electron chi connectivity index (χ0n) is 16.2. The number of imide groups is 1. The maximum atomic E-state index is 13.2. The van der Waals surface area contributed by atoms with Gasteiger partial charge in [-0.15, -0.1) is 0 Å². The summed E-state index contributed by atoms with van der Waals surface area (Å²) in [5.74, 6) is 0.534. The van der Waals surface area contributed by atoms with Gasteiger partial charge in [0.05, 0.1) is 13.7 Å². The molecule has 0 saturated carbocycles. The van der Waals surface area contributed by atoms with Gasteiger partial charge in [0.2, 0.25) is 0 Å². The molecular weight excluding hydrogens is 352 g/mol. The molecule has 1 saturated heterocycles. The van der Waals surface area contributed by atoms with Crippen LogP contribution in [0, 0.1) is 6.92 Å². The Kier molecular flexibility index (Phi) is 4.30. The molecule has 0 unspecified atom stereocenters. The van der Waals surface area contributed by atoms with Crippen molar-refractivity contribution in [1.29, 1.82) is 0 Å². The van der Waals surface area contributed by atoms with E-state index in [1.807, 2.05) is 67.6 Å². The van der Waals surface area contributed by atoms with Crippen molar-refractivity contribution in [2.75, 3.05) is 7.11 Å². The summed E-state index contributed by atoms with van der Waals surface area (Å²) in [5.41, 5.74) is 1.73. The lowest BCUT2D eigenvalue weighted by molar-refractivity contribution is -0.131. The Labute approximate surface area is 163 Å². The second kappa shape index (κ2) is 6.68. The second-order valence-electron chi connectivity index (χ2n) is 7.36. The van der Waals surface area contributed by atoms with Crippen molar-refractivity contribution < 1.29 is 14.3 Å². The minimum Gasteiger partial charge on any atom is -0.497 e. The molecule has 1 aliphatic rings. The number of rotatable bonds is 4. The quantitative estimate of drug-likeness (QED) is 0.699. The number of urea groups is 1. The fourth-order valence-electron chi connectivity index (χ4n) is 3.57. The fraction of sp³-hybridized carbons (Fsp3) is 0.217. The van der Waals surface area contributed by atoms with E-state index in [0.29, 0.717) is 0 Å².